The molecule has 1 fully saturated rings. The summed E-state index contributed by atoms with van der Waals surface area (Å²) in [5.41, 5.74) is 6.24. The number of anilines is 2. The van der Waals surface area contributed by atoms with Crippen LogP contribution in [0.3, 0.4) is 0 Å². The molecule has 1 atom stereocenters. The third kappa shape index (κ3) is 4.02. The van der Waals surface area contributed by atoms with E-state index >= 15 is 0 Å². The molecule has 8 nitrogen and oxygen atoms in total. The molecule has 3 aromatic heterocycles. The maximum Gasteiger partial charge on any atom is 0.254 e. The van der Waals surface area contributed by atoms with Crippen molar-refractivity contribution in [3.05, 3.63) is 77.0 Å². The van der Waals surface area contributed by atoms with E-state index in [0.29, 0.717) is 41.8 Å². The zero-order valence-electron chi connectivity index (χ0n) is 22.0. The van der Waals surface area contributed by atoms with Crippen LogP contribution in [0.15, 0.2) is 48.8 Å². The summed E-state index contributed by atoms with van der Waals surface area (Å²) in [6.07, 6.45) is 4.35. The second-order valence-corrected chi connectivity index (χ2v) is 10.7. The van der Waals surface area contributed by atoms with Gasteiger partial charge < -0.3 is 15.4 Å². The Bertz CT molecular complexity index is 1550. The number of hydrogen-bond donors (Lipinski definition) is 2. The molecule has 2 N–H and O–H groups in total. The van der Waals surface area contributed by atoms with Gasteiger partial charge >= 0.3 is 0 Å². The van der Waals surface area contributed by atoms with Crippen molar-refractivity contribution < 1.29 is 13.9 Å². The molecular formula is C29H31FN6O2. The maximum absolute atomic E-state index is 13.7. The van der Waals surface area contributed by atoms with Gasteiger partial charge in [0.05, 0.1) is 41.0 Å². The molecule has 1 aromatic carbocycles. The van der Waals surface area contributed by atoms with Crippen LogP contribution in [0.25, 0.3) is 16.9 Å². The number of rotatable bonds is 6. The predicted molar refractivity (Wildman–Crippen MR) is 144 cm³/mol. The normalized spacial score (nSPS) is 17.3. The molecule has 5 heterocycles. The van der Waals surface area contributed by atoms with Crippen molar-refractivity contribution in [2.75, 3.05) is 32.6 Å². The molecule has 1 saturated heterocycles. The zero-order valence-corrected chi connectivity index (χ0v) is 22.0. The van der Waals surface area contributed by atoms with E-state index in [1.165, 1.54) is 17.7 Å². The number of pyridine rings is 2. The number of aromatic nitrogens is 3. The van der Waals surface area contributed by atoms with Crippen LogP contribution in [0, 0.1) is 5.82 Å². The first kappa shape index (κ1) is 24.5. The lowest BCUT2D eigenvalue weighted by Crippen LogP contribution is -2.37. The van der Waals surface area contributed by atoms with Gasteiger partial charge in [-0.25, -0.2) is 14.4 Å². The van der Waals surface area contributed by atoms with Crippen molar-refractivity contribution in [3.8, 4) is 11.3 Å². The van der Waals surface area contributed by atoms with E-state index in [-0.39, 0.29) is 17.3 Å². The molecule has 6 rings (SSSR count). The van der Waals surface area contributed by atoms with Crippen LogP contribution in [0.1, 0.15) is 53.4 Å². The second-order valence-electron chi connectivity index (χ2n) is 10.7. The molecule has 0 aliphatic carbocycles. The number of nitrogens with zero attached hydrogens (tertiary/aromatic N) is 4. The van der Waals surface area contributed by atoms with Gasteiger partial charge in [-0.3, -0.25) is 14.1 Å². The Hall–Kier alpha value is -3.82. The van der Waals surface area contributed by atoms with Gasteiger partial charge in [-0.05, 0) is 63.7 Å². The second kappa shape index (κ2) is 9.18. The number of benzene rings is 1. The van der Waals surface area contributed by atoms with E-state index in [4.69, 9.17) is 9.72 Å². The zero-order chi connectivity index (χ0) is 26.6. The quantitative estimate of drug-likeness (QED) is 0.384. The third-order valence-electron chi connectivity index (χ3n) is 7.97. The molecule has 38 heavy (non-hydrogen) atoms. The number of amides is 1. The van der Waals surface area contributed by atoms with Crippen molar-refractivity contribution in [1.29, 1.82) is 0 Å². The monoisotopic (exact) mass is 514 g/mol. The number of fused-ring (bicyclic) bond motifs is 2. The van der Waals surface area contributed by atoms with Crippen LogP contribution in [0.4, 0.5) is 15.9 Å². The number of hydrogen-bond acceptors (Lipinski definition) is 6. The van der Waals surface area contributed by atoms with Gasteiger partial charge in [0.2, 0.25) is 0 Å². The fourth-order valence-electron chi connectivity index (χ4n) is 5.34. The highest BCUT2D eigenvalue weighted by Gasteiger charge is 2.33. The molecule has 9 heteroatoms. The third-order valence-corrected chi connectivity index (χ3v) is 7.97. The first-order valence-electron chi connectivity index (χ1n) is 12.8. The van der Waals surface area contributed by atoms with Gasteiger partial charge in [0.1, 0.15) is 17.3 Å². The van der Waals surface area contributed by atoms with Gasteiger partial charge in [0.15, 0.2) is 0 Å². The van der Waals surface area contributed by atoms with E-state index in [2.05, 4.69) is 54.5 Å². The van der Waals surface area contributed by atoms with Crippen molar-refractivity contribution in [2.45, 2.75) is 38.3 Å². The summed E-state index contributed by atoms with van der Waals surface area (Å²) in [5, 5.41) is 6.39. The Balaban J connectivity index is 1.41. The lowest BCUT2D eigenvalue weighted by molar-refractivity contribution is 0.0966. The lowest BCUT2D eigenvalue weighted by Gasteiger charge is -2.35. The van der Waals surface area contributed by atoms with Crippen LogP contribution >= 0.6 is 0 Å². The molecule has 0 unspecified atom stereocenters. The Kier molecular flexibility index (Phi) is 5.92. The molecule has 0 saturated carbocycles. The van der Waals surface area contributed by atoms with E-state index < -0.39 is 0 Å². The van der Waals surface area contributed by atoms with Gasteiger partial charge in [-0.1, -0.05) is 12.1 Å². The van der Waals surface area contributed by atoms with Crippen LogP contribution in [0.2, 0.25) is 0 Å². The van der Waals surface area contributed by atoms with Gasteiger partial charge in [-0.15, -0.1) is 0 Å². The smallest absolute Gasteiger partial charge is 0.254 e. The minimum Gasteiger partial charge on any atom is -0.381 e. The fraction of sp³-hybridized carbons (Fsp3) is 0.345. The Morgan fingerprint density at radius 1 is 1.21 bits per heavy atom. The van der Waals surface area contributed by atoms with Crippen molar-refractivity contribution in [3.63, 3.8) is 0 Å². The first-order valence-corrected chi connectivity index (χ1v) is 12.8. The topological polar surface area (TPSA) is 83.8 Å². The summed E-state index contributed by atoms with van der Waals surface area (Å²) in [6, 6.07) is 10.8. The Morgan fingerprint density at radius 2 is 2.05 bits per heavy atom. The van der Waals surface area contributed by atoms with Gasteiger partial charge in [0.25, 0.3) is 5.91 Å². The largest absolute Gasteiger partial charge is 0.381 e. The summed E-state index contributed by atoms with van der Waals surface area (Å²) in [4.78, 5) is 24.6. The minimum atomic E-state index is -0.341. The minimum absolute atomic E-state index is 0.141. The summed E-state index contributed by atoms with van der Waals surface area (Å²) >= 11 is 0. The van der Waals surface area contributed by atoms with E-state index in [1.54, 1.807) is 12.4 Å². The molecule has 196 valence electrons. The summed E-state index contributed by atoms with van der Waals surface area (Å²) in [6.45, 7) is 6.21. The molecule has 0 spiro atoms. The molecule has 0 bridgehead atoms. The maximum atomic E-state index is 13.7. The number of ether oxygens (including phenoxy) is 1. The average molecular weight is 515 g/mol. The fourth-order valence-corrected chi connectivity index (χ4v) is 5.34. The number of halogens is 1. The summed E-state index contributed by atoms with van der Waals surface area (Å²) < 4.78 is 21.2. The van der Waals surface area contributed by atoms with Crippen molar-refractivity contribution >= 4 is 23.1 Å². The lowest BCUT2D eigenvalue weighted by atomic mass is 9.87. The van der Waals surface area contributed by atoms with Crippen LogP contribution in [0.5, 0.6) is 0 Å². The van der Waals surface area contributed by atoms with Crippen LogP contribution < -0.4 is 10.6 Å². The highest BCUT2D eigenvalue weighted by molar-refractivity contribution is 6.06. The highest BCUT2D eigenvalue weighted by atomic mass is 19.1. The van der Waals surface area contributed by atoms with Crippen LogP contribution in [-0.2, 0) is 16.8 Å². The van der Waals surface area contributed by atoms with Crippen molar-refractivity contribution in [2.24, 2.45) is 0 Å². The Morgan fingerprint density at radius 3 is 2.82 bits per heavy atom. The molecule has 0 radical (unpaired) electrons. The van der Waals surface area contributed by atoms with E-state index in [1.807, 2.05) is 22.6 Å². The molecule has 2 aliphatic heterocycles. The molecule has 4 aromatic rings. The number of imidazole rings is 1. The standard InChI is InChI=1S/C29H31FN6O2/c1-29(2,35(3)4)27-19(17-10-12-38-16-17)6-8-24(34-27)33-22-7-5-20(21-14-32-28(37)26(21)22)23-15-31-25-13-18(30)9-11-36(23)25/h5-9,11,13,15,17H,10,12,14,16H2,1-4H3,(H,32,37)(H,33,34)/t17-/m0/s1. The highest BCUT2D eigenvalue weighted by Crippen LogP contribution is 2.38. The molecular weight excluding hydrogens is 483 g/mol. The van der Waals surface area contributed by atoms with E-state index in [9.17, 15) is 9.18 Å². The SMILES string of the molecule is CN(C)C(C)(C)c1nc(Nc2ccc(-c3cnc4cc(F)ccn34)c3c2C(=O)NC3)ccc1[C@H]1CCOC1. The van der Waals surface area contributed by atoms with Gasteiger partial charge in [-0.2, -0.15) is 0 Å². The van der Waals surface area contributed by atoms with E-state index in [0.717, 1.165) is 35.5 Å². The molecule has 1 amide bonds. The van der Waals surface area contributed by atoms with Crippen molar-refractivity contribution in [1.82, 2.24) is 24.6 Å². The Labute approximate surface area is 220 Å². The first-order chi connectivity index (χ1) is 18.2. The molecule has 2 aliphatic rings. The van der Waals surface area contributed by atoms with Gasteiger partial charge in [0, 0.05) is 36.9 Å². The number of nitrogens with one attached hydrogen (secondary N) is 2. The van der Waals surface area contributed by atoms with Crippen LogP contribution in [-0.4, -0.2) is 52.5 Å². The number of carbonyl (C=O) groups excluding carboxylic acids is 1. The summed E-state index contributed by atoms with van der Waals surface area (Å²) in [5.74, 6) is 0.515. The number of carbonyl (C=O) groups is 1. The average Bonchev–Trinajstić information content (AvgIpc) is 3.65. The summed E-state index contributed by atoms with van der Waals surface area (Å²) in [7, 11) is 4.11. The predicted octanol–water partition coefficient (Wildman–Crippen LogP) is 4.82.